The maximum Gasteiger partial charge on any atom is 0.255 e. The van der Waals surface area contributed by atoms with Gasteiger partial charge in [0.05, 0.1) is 11.8 Å². The zero-order valence-corrected chi connectivity index (χ0v) is 18.1. The number of piperidine rings is 1. The van der Waals surface area contributed by atoms with Gasteiger partial charge in [0.1, 0.15) is 6.04 Å². The summed E-state index contributed by atoms with van der Waals surface area (Å²) in [5.41, 5.74) is 3.34. The minimum absolute atomic E-state index is 0.150. The summed E-state index contributed by atoms with van der Waals surface area (Å²) in [6.07, 6.45) is 15.8. The Morgan fingerprint density at radius 2 is 2.19 bits per heavy atom. The van der Waals surface area contributed by atoms with E-state index in [9.17, 15) is 14.4 Å². The van der Waals surface area contributed by atoms with Crippen LogP contribution in [0.3, 0.4) is 0 Å². The number of allylic oxidation sites excluding steroid dienone is 1. The van der Waals surface area contributed by atoms with Crippen molar-refractivity contribution < 1.29 is 14.4 Å². The molecule has 1 aromatic carbocycles. The van der Waals surface area contributed by atoms with Crippen molar-refractivity contribution in [1.82, 2.24) is 20.0 Å². The van der Waals surface area contributed by atoms with E-state index < -0.39 is 6.04 Å². The Morgan fingerprint density at radius 1 is 1.34 bits per heavy atom. The van der Waals surface area contributed by atoms with Crippen LogP contribution >= 0.6 is 0 Å². The number of nitrogens with one attached hydrogen (secondary N) is 1. The third-order valence-electron chi connectivity index (χ3n) is 6.07. The average molecular weight is 431 g/mol. The van der Waals surface area contributed by atoms with E-state index in [1.54, 1.807) is 17.2 Å². The van der Waals surface area contributed by atoms with Crippen molar-refractivity contribution in [2.75, 3.05) is 0 Å². The van der Waals surface area contributed by atoms with E-state index in [1.165, 1.54) is 0 Å². The third-order valence-corrected chi connectivity index (χ3v) is 6.07. The fourth-order valence-electron chi connectivity index (χ4n) is 4.27. The molecule has 1 N–H and O–H groups in total. The lowest BCUT2D eigenvalue weighted by Crippen LogP contribution is -2.52. The van der Waals surface area contributed by atoms with E-state index in [1.807, 2.05) is 23.0 Å². The number of imide groups is 1. The molecular formula is C25H26N4O3. The number of hydrogen-bond donors (Lipinski definition) is 1. The summed E-state index contributed by atoms with van der Waals surface area (Å²) >= 11 is 0. The minimum Gasteiger partial charge on any atom is -0.322 e. The summed E-state index contributed by atoms with van der Waals surface area (Å²) in [6.45, 7) is 3.36. The lowest BCUT2D eigenvalue weighted by molar-refractivity contribution is -0.136. The van der Waals surface area contributed by atoms with Gasteiger partial charge in [0.2, 0.25) is 11.8 Å². The molecule has 2 unspecified atom stereocenters. The first kappa shape index (κ1) is 21.6. The Bertz CT molecular complexity index is 1120. The zero-order chi connectivity index (χ0) is 22.7. The summed E-state index contributed by atoms with van der Waals surface area (Å²) in [6, 6.07) is 5.07. The quantitative estimate of drug-likeness (QED) is 0.541. The number of benzene rings is 1. The molecule has 0 bridgehead atoms. The normalized spacial score (nSPS) is 19.2. The second kappa shape index (κ2) is 9.23. The third kappa shape index (κ3) is 4.50. The number of aromatic nitrogens is 2. The number of hydrogen-bond acceptors (Lipinski definition) is 4. The van der Waals surface area contributed by atoms with Gasteiger partial charge in [0.25, 0.3) is 5.91 Å². The van der Waals surface area contributed by atoms with Gasteiger partial charge < -0.3 is 4.90 Å². The fourth-order valence-corrected chi connectivity index (χ4v) is 4.27. The first-order chi connectivity index (χ1) is 15.5. The summed E-state index contributed by atoms with van der Waals surface area (Å²) in [7, 11) is 0. The number of terminal acetylenes is 1. The largest absolute Gasteiger partial charge is 0.322 e. The number of rotatable bonds is 7. The van der Waals surface area contributed by atoms with E-state index in [0.717, 1.165) is 36.1 Å². The standard InChI is InChI=1S/C25H26N4O3/c1-3-18-14-26-28(15-18)13-5-6-17(2)9-10-19-7-4-8-20-21(19)16-29(25(20)32)22-11-12-23(30)27-24(22)31/h1,4,7-10,14-15,17,22H,5-6,11-13,16H2,2H3,(H,27,30,31)/b10-9+. The Kier molecular flexibility index (Phi) is 6.22. The highest BCUT2D eigenvalue weighted by Gasteiger charge is 2.39. The predicted molar refractivity (Wildman–Crippen MR) is 120 cm³/mol. The topological polar surface area (TPSA) is 84.3 Å². The summed E-state index contributed by atoms with van der Waals surface area (Å²) in [5, 5.41) is 6.59. The molecule has 0 saturated carbocycles. The van der Waals surface area contributed by atoms with E-state index in [-0.39, 0.29) is 24.1 Å². The van der Waals surface area contributed by atoms with Crippen molar-refractivity contribution in [2.24, 2.45) is 5.92 Å². The van der Waals surface area contributed by atoms with E-state index in [0.29, 0.717) is 24.4 Å². The predicted octanol–water partition coefficient (Wildman–Crippen LogP) is 2.76. The lowest BCUT2D eigenvalue weighted by atomic mass is 9.99. The minimum atomic E-state index is -0.597. The van der Waals surface area contributed by atoms with Crippen LogP contribution in [-0.4, -0.2) is 38.4 Å². The van der Waals surface area contributed by atoms with Crippen LogP contribution < -0.4 is 5.32 Å². The van der Waals surface area contributed by atoms with Crippen LogP contribution in [0.15, 0.2) is 36.7 Å². The second-order valence-electron chi connectivity index (χ2n) is 8.39. The van der Waals surface area contributed by atoms with Crippen LogP contribution in [0.2, 0.25) is 0 Å². The molecule has 2 atom stereocenters. The van der Waals surface area contributed by atoms with Gasteiger partial charge in [-0.15, -0.1) is 6.42 Å². The molecular weight excluding hydrogens is 404 g/mol. The average Bonchev–Trinajstić information content (AvgIpc) is 3.37. The SMILES string of the molecule is C#Cc1cnn(CCCC(C)/C=C/c2cccc3c2CN(C2CCC(=O)NC2=O)C3=O)c1. The van der Waals surface area contributed by atoms with E-state index >= 15 is 0 Å². The van der Waals surface area contributed by atoms with Gasteiger partial charge in [-0.05, 0) is 42.4 Å². The maximum atomic E-state index is 12.9. The molecule has 0 radical (unpaired) electrons. The number of nitrogens with zero attached hydrogens (tertiary/aromatic N) is 3. The molecule has 32 heavy (non-hydrogen) atoms. The van der Waals surface area contributed by atoms with E-state index in [2.05, 4.69) is 35.4 Å². The molecule has 0 spiro atoms. The van der Waals surface area contributed by atoms with Gasteiger partial charge in [-0.1, -0.05) is 37.1 Å². The van der Waals surface area contributed by atoms with E-state index in [4.69, 9.17) is 6.42 Å². The Morgan fingerprint density at radius 3 is 2.94 bits per heavy atom. The smallest absolute Gasteiger partial charge is 0.255 e. The van der Waals surface area contributed by atoms with Gasteiger partial charge in [0.15, 0.2) is 0 Å². The van der Waals surface area contributed by atoms with Crippen molar-refractivity contribution in [1.29, 1.82) is 0 Å². The first-order valence-corrected chi connectivity index (χ1v) is 10.9. The molecule has 0 aliphatic carbocycles. The highest BCUT2D eigenvalue weighted by molar-refractivity contribution is 6.05. The number of aryl methyl sites for hydroxylation is 1. The van der Waals surface area contributed by atoms with Crippen LogP contribution in [-0.2, 0) is 22.7 Å². The van der Waals surface area contributed by atoms with Crippen molar-refractivity contribution >= 4 is 23.8 Å². The molecule has 3 heterocycles. The van der Waals surface area contributed by atoms with Crippen LogP contribution in [0.5, 0.6) is 0 Å². The molecule has 2 aromatic rings. The second-order valence-corrected chi connectivity index (χ2v) is 8.39. The summed E-state index contributed by atoms with van der Waals surface area (Å²) in [5.74, 6) is 2.12. The molecule has 1 fully saturated rings. The highest BCUT2D eigenvalue weighted by Crippen LogP contribution is 2.30. The number of amides is 3. The number of fused-ring (bicyclic) bond motifs is 1. The molecule has 2 aliphatic heterocycles. The van der Waals surface area contributed by atoms with Gasteiger partial charge in [0, 0.05) is 31.3 Å². The molecule has 4 rings (SSSR count). The monoisotopic (exact) mass is 430 g/mol. The fraction of sp³-hybridized carbons (Fsp3) is 0.360. The molecule has 1 saturated heterocycles. The first-order valence-electron chi connectivity index (χ1n) is 10.9. The Balaban J connectivity index is 1.38. The van der Waals surface area contributed by atoms with Crippen LogP contribution in [0.4, 0.5) is 0 Å². The maximum absolute atomic E-state index is 12.9. The van der Waals surface area contributed by atoms with Gasteiger partial charge in [-0.25, -0.2) is 0 Å². The Labute approximate surface area is 187 Å². The summed E-state index contributed by atoms with van der Waals surface area (Å²) in [4.78, 5) is 38.2. The van der Waals surface area contributed by atoms with Crippen LogP contribution in [0.25, 0.3) is 6.08 Å². The lowest BCUT2D eigenvalue weighted by Gasteiger charge is -2.29. The molecule has 1 aromatic heterocycles. The molecule has 2 aliphatic rings. The van der Waals surface area contributed by atoms with Crippen LogP contribution in [0.1, 0.15) is 59.7 Å². The van der Waals surface area contributed by atoms with Gasteiger partial charge in [-0.3, -0.25) is 24.4 Å². The van der Waals surface area contributed by atoms with Gasteiger partial charge in [-0.2, -0.15) is 5.10 Å². The van der Waals surface area contributed by atoms with Crippen LogP contribution in [0, 0.1) is 18.3 Å². The zero-order valence-electron chi connectivity index (χ0n) is 18.1. The van der Waals surface area contributed by atoms with Crippen molar-refractivity contribution in [3.63, 3.8) is 0 Å². The molecule has 7 nitrogen and oxygen atoms in total. The van der Waals surface area contributed by atoms with Crippen molar-refractivity contribution in [2.45, 2.75) is 51.7 Å². The number of carbonyl (C=O) groups is 3. The summed E-state index contributed by atoms with van der Waals surface area (Å²) < 4.78 is 1.87. The van der Waals surface area contributed by atoms with Crippen molar-refractivity contribution in [3.8, 4) is 12.3 Å². The molecule has 164 valence electrons. The molecule has 7 heteroatoms. The molecule has 3 amide bonds. The van der Waals surface area contributed by atoms with Gasteiger partial charge >= 0.3 is 0 Å². The number of carbonyl (C=O) groups excluding carboxylic acids is 3. The van der Waals surface area contributed by atoms with Crippen molar-refractivity contribution in [3.05, 3.63) is 58.9 Å². The Hall–Kier alpha value is -3.66. The highest BCUT2D eigenvalue weighted by atomic mass is 16.2.